The molecule has 1 saturated heterocycles. The second-order valence-electron chi connectivity index (χ2n) is 4.58. The maximum atomic E-state index is 10.6. The van der Waals surface area contributed by atoms with Crippen molar-refractivity contribution in [1.29, 1.82) is 0 Å². The summed E-state index contributed by atoms with van der Waals surface area (Å²) in [6.07, 6.45) is 0.773. The van der Waals surface area contributed by atoms with Crippen molar-refractivity contribution < 1.29 is 24.5 Å². The molecule has 0 amide bonds. The van der Waals surface area contributed by atoms with Gasteiger partial charge in [0.25, 0.3) is 0 Å². The largest absolute Gasteiger partial charge is 0.481 e. The minimum absolute atomic E-state index is 0.0675. The number of carbonyl (C=O) groups is 1. The van der Waals surface area contributed by atoms with Crippen LogP contribution in [0, 0.1) is 0 Å². The summed E-state index contributed by atoms with van der Waals surface area (Å²) in [6.45, 7) is 0.134. The summed E-state index contributed by atoms with van der Waals surface area (Å²) in [5.41, 5.74) is 2.06. The molecule has 1 aromatic rings. The van der Waals surface area contributed by atoms with Crippen LogP contribution in [0.2, 0.25) is 0 Å². The second kappa shape index (κ2) is 6.65. The molecule has 0 aromatic heterocycles. The van der Waals surface area contributed by atoms with Gasteiger partial charge in [-0.25, -0.2) is 0 Å². The third-order valence-electron chi connectivity index (χ3n) is 3.31. The van der Waals surface area contributed by atoms with E-state index in [1.165, 1.54) is 0 Å². The standard InChI is InChI=1S/C14H18O5/c15-8-13-12(18-9-19-13)7-11-4-2-1-3-10(11)5-6-14(16)17/h1-4,12-13,15H,5-9H2,(H,16,17)/t12-,13-/m0/s1. The summed E-state index contributed by atoms with van der Waals surface area (Å²) in [6, 6.07) is 7.72. The van der Waals surface area contributed by atoms with Crippen molar-refractivity contribution in [2.45, 2.75) is 31.5 Å². The van der Waals surface area contributed by atoms with Crippen LogP contribution in [0.25, 0.3) is 0 Å². The average Bonchev–Trinajstić information content (AvgIpc) is 2.85. The second-order valence-corrected chi connectivity index (χ2v) is 4.58. The number of carboxylic acids is 1. The van der Waals surface area contributed by atoms with Gasteiger partial charge in [-0.3, -0.25) is 4.79 Å². The number of ether oxygens (including phenoxy) is 2. The van der Waals surface area contributed by atoms with Gasteiger partial charge in [-0.15, -0.1) is 0 Å². The molecule has 19 heavy (non-hydrogen) atoms. The van der Waals surface area contributed by atoms with Gasteiger partial charge in [0.2, 0.25) is 0 Å². The summed E-state index contributed by atoms with van der Waals surface area (Å²) in [7, 11) is 0. The van der Waals surface area contributed by atoms with E-state index in [9.17, 15) is 9.90 Å². The summed E-state index contributed by atoms with van der Waals surface area (Å²) in [5.74, 6) is -0.802. The molecule has 1 heterocycles. The van der Waals surface area contributed by atoms with Crippen LogP contribution >= 0.6 is 0 Å². The number of carboxylic acid groups (broad SMARTS) is 1. The van der Waals surface area contributed by atoms with Gasteiger partial charge >= 0.3 is 5.97 Å². The first-order valence-electron chi connectivity index (χ1n) is 6.33. The smallest absolute Gasteiger partial charge is 0.303 e. The van der Waals surface area contributed by atoms with Gasteiger partial charge in [0.15, 0.2) is 0 Å². The van der Waals surface area contributed by atoms with Crippen LogP contribution in [-0.2, 0) is 27.1 Å². The zero-order valence-corrected chi connectivity index (χ0v) is 10.6. The van der Waals surface area contributed by atoms with Crippen LogP contribution in [-0.4, -0.2) is 41.8 Å². The maximum absolute atomic E-state index is 10.6. The van der Waals surface area contributed by atoms with E-state index >= 15 is 0 Å². The van der Waals surface area contributed by atoms with Crippen LogP contribution in [0.15, 0.2) is 24.3 Å². The maximum Gasteiger partial charge on any atom is 0.303 e. The van der Waals surface area contributed by atoms with Crippen LogP contribution in [0.4, 0.5) is 0 Å². The van der Waals surface area contributed by atoms with Gasteiger partial charge in [0.1, 0.15) is 12.9 Å². The highest BCUT2D eigenvalue weighted by Gasteiger charge is 2.29. The van der Waals surface area contributed by atoms with E-state index in [-0.39, 0.29) is 32.0 Å². The minimum Gasteiger partial charge on any atom is -0.481 e. The first-order valence-corrected chi connectivity index (χ1v) is 6.33. The number of hydrogen-bond acceptors (Lipinski definition) is 4. The fourth-order valence-corrected chi connectivity index (χ4v) is 2.25. The fourth-order valence-electron chi connectivity index (χ4n) is 2.25. The molecule has 0 radical (unpaired) electrons. The van der Waals surface area contributed by atoms with Crippen molar-refractivity contribution in [3.05, 3.63) is 35.4 Å². The summed E-state index contributed by atoms with van der Waals surface area (Å²) < 4.78 is 10.7. The molecule has 5 heteroatoms. The number of benzene rings is 1. The lowest BCUT2D eigenvalue weighted by Gasteiger charge is -2.16. The molecular weight excluding hydrogens is 248 g/mol. The molecule has 0 unspecified atom stereocenters. The van der Waals surface area contributed by atoms with Gasteiger partial charge < -0.3 is 19.7 Å². The SMILES string of the molecule is O=C(O)CCc1ccccc1C[C@@H]1OCO[C@H]1CO. The third-order valence-corrected chi connectivity index (χ3v) is 3.31. The molecule has 1 aliphatic rings. The highest BCUT2D eigenvalue weighted by molar-refractivity contribution is 5.67. The minimum atomic E-state index is -0.802. The van der Waals surface area contributed by atoms with Crippen LogP contribution < -0.4 is 0 Å². The summed E-state index contributed by atoms with van der Waals surface area (Å²) in [5, 5.41) is 17.9. The first-order chi connectivity index (χ1) is 9.20. The Morgan fingerprint density at radius 2 is 1.89 bits per heavy atom. The van der Waals surface area contributed by atoms with E-state index in [1.54, 1.807) is 0 Å². The molecule has 1 aliphatic heterocycles. The van der Waals surface area contributed by atoms with Crippen molar-refractivity contribution in [2.75, 3.05) is 13.4 Å². The Morgan fingerprint density at radius 1 is 1.21 bits per heavy atom. The number of rotatable bonds is 6. The van der Waals surface area contributed by atoms with E-state index in [4.69, 9.17) is 14.6 Å². The Labute approximate surface area is 111 Å². The summed E-state index contributed by atoms with van der Waals surface area (Å²) >= 11 is 0. The molecule has 0 spiro atoms. The monoisotopic (exact) mass is 266 g/mol. The molecule has 0 aliphatic carbocycles. The topological polar surface area (TPSA) is 76.0 Å². The fraction of sp³-hybridized carbons (Fsp3) is 0.500. The molecule has 0 bridgehead atoms. The van der Waals surface area contributed by atoms with Crippen LogP contribution in [0.1, 0.15) is 17.5 Å². The van der Waals surface area contributed by atoms with Gasteiger partial charge in [0.05, 0.1) is 12.7 Å². The predicted molar refractivity (Wildman–Crippen MR) is 67.8 cm³/mol. The average molecular weight is 266 g/mol. The molecule has 1 aromatic carbocycles. The first kappa shape index (κ1) is 14.0. The molecule has 0 saturated carbocycles. The Balaban J connectivity index is 2.04. The van der Waals surface area contributed by atoms with Crippen molar-refractivity contribution >= 4 is 5.97 Å². The zero-order valence-electron chi connectivity index (χ0n) is 10.6. The number of aryl methyl sites for hydroxylation is 1. The van der Waals surface area contributed by atoms with Gasteiger partial charge in [-0.1, -0.05) is 24.3 Å². The van der Waals surface area contributed by atoms with Crippen molar-refractivity contribution in [1.82, 2.24) is 0 Å². The Morgan fingerprint density at radius 3 is 2.58 bits per heavy atom. The molecule has 1 fully saturated rings. The lowest BCUT2D eigenvalue weighted by molar-refractivity contribution is -0.136. The van der Waals surface area contributed by atoms with E-state index in [0.717, 1.165) is 11.1 Å². The van der Waals surface area contributed by atoms with E-state index in [0.29, 0.717) is 12.8 Å². The van der Waals surface area contributed by atoms with Crippen LogP contribution in [0.5, 0.6) is 0 Å². The van der Waals surface area contributed by atoms with E-state index in [2.05, 4.69) is 0 Å². The van der Waals surface area contributed by atoms with E-state index < -0.39 is 5.97 Å². The van der Waals surface area contributed by atoms with Gasteiger partial charge in [-0.05, 0) is 17.5 Å². The summed E-state index contributed by atoms with van der Waals surface area (Å²) in [4.78, 5) is 10.6. The highest BCUT2D eigenvalue weighted by Crippen LogP contribution is 2.20. The number of aliphatic carboxylic acids is 1. The zero-order chi connectivity index (χ0) is 13.7. The molecule has 2 rings (SSSR count). The number of hydrogen-bond donors (Lipinski definition) is 2. The van der Waals surface area contributed by atoms with Crippen molar-refractivity contribution in [3.63, 3.8) is 0 Å². The quantitative estimate of drug-likeness (QED) is 0.802. The number of aliphatic hydroxyl groups is 1. The van der Waals surface area contributed by atoms with Gasteiger partial charge in [0, 0.05) is 12.8 Å². The Bertz CT molecular complexity index is 432. The number of aliphatic hydroxyl groups excluding tert-OH is 1. The molecule has 2 N–H and O–H groups in total. The molecule has 2 atom stereocenters. The third kappa shape index (κ3) is 3.76. The Hall–Kier alpha value is -1.43. The Kier molecular flexibility index (Phi) is 4.90. The molecule has 104 valence electrons. The van der Waals surface area contributed by atoms with Crippen LogP contribution in [0.3, 0.4) is 0 Å². The highest BCUT2D eigenvalue weighted by atomic mass is 16.7. The normalized spacial score (nSPS) is 22.6. The van der Waals surface area contributed by atoms with E-state index in [1.807, 2.05) is 24.3 Å². The lowest BCUT2D eigenvalue weighted by atomic mass is 9.96. The van der Waals surface area contributed by atoms with Crippen molar-refractivity contribution in [2.24, 2.45) is 0 Å². The molecular formula is C14H18O5. The van der Waals surface area contributed by atoms with Gasteiger partial charge in [-0.2, -0.15) is 0 Å². The lowest BCUT2D eigenvalue weighted by Crippen LogP contribution is -2.28. The van der Waals surface area contributed by atoms with Crippen molar-refractivity contribution in [3.8, 4) is 0 Å². The predicted octanol–water partition coefficient (Wildman–Crippen LogP) is 0.980. The molecule has 5 nitrogen and oxygen atoms in total.